The maximum atomic E-state index is 2.40. The normalized spacial score (nSPS) is 32.7. The van der Waals surface area contributed by atoms with Gasteiger partial charge in [-0.2, -0.15) is 11.8 Å². The summed E-state index contributed by atoms with van der Waals surface area (Å²) in [6.07, 6.45) is 1.40. The lowest BCUT2D eigenvalue weighted by molar-refractivity contribution is 0.273. The van der Waals surface area contributed by atoms with E-state index in [0.29, 0.717) is 5.41 Å². The van der Waals surface area contributed by atoms with E-state index < -0.39 is 0 Å². The van der Waals surface area contributed by atoms with Crippen molar-refractivity contribution in [2.75, 3.05) is 11.5 Å². The lowest BCUT2D eigenvalue weighted by atomic mass is 9.81. The SMILES string of the molecule is C[C@@H]1CSC[C@H]1CC(C)(C)C. The van der Waals surface area contributed by atoms with Gasteiger partial charge in [0, 0.05) is 0 Å². The quantitative estimate of drug-likeness (QED) is 0.584. The van der Waals surface area contributed by atoms with Gasteiger partial charge in [0.1, 0.15) is 0 Å². The predicted molar refractivity (Wildman–Crippen MR) is 54.1 cm³/mol. The van der Waals surface area contributed by atoms with E-state index >= 15 is 0 Å². The molecule has 2 atom stereocenters. The van der Waals surface area contributed by atoms with Gasteiger partial charge >= 0.3 is 0 Å². The Morgan fingerprint density at radius 3 is 2.27 bits per heavy atom. The van der Waals surface area contributed by atoms with Gasteiger partial charge in [-0.15, -0.1) is 0 Å². The van der Waals surface area contributed by atoms with Crippen LogP contribution in [0.3, 0.4) is 0 Å². The van der Waals surface area contributed by atoms with Crippen molar-refractivity contribution in [1.29, 1.82) is 0 Å². The van der Waals surface area contributed by atoms with Gasteiger partial charge in [0.05, 0.1) is 0 Å². The number of hydrogen-bond donors (Lipinski definition) is 0. The van der Waals surface area contributed by atoms with Crippen LogP contribution in [0.4, 0.5) is 0 Å². The van der Waals surface area contributed by atoms with Crippen LogP contribution in [0.15, 0.2) is 0 Å². The van der Waals surface area contributed by atoms with E-state index in [1.54, 1.807) is 0 Å². The van der Waals surface area contributed by atoms with Crippen LogP contribution in [0, 0.1) is 17.3 Å². The molecule has 0 N–H and O–H groups in total. The first kappa shape index (κ1) is 9.44. The molecule has 1 heteroatoms. The molecule has 0 aliphatic carbocycles. The van der Waals surface area contributed by atoms with Crippen LogP contribution in [0.25, 0.3) is 0 Å². The third-order valence-electron chi connectivity index (χ3n) is 2.39. The van der Waals surface area contributed by atoms with E-state index in [9.17, 15) is 0 Å². The Balaban J connectivity index is 2.37. The second-order valence-electron chi connectivity index (χ2n) is 5.04. The molecule has 0 amide bonds. The van der Waals surface area contributed by atoms with Crippen molar-refractivity contribution in [2.24, 2.45) is 17.3 Å². The summed E-state index contributed by atoms with van der Waals surface area (Å²) in [6, 6.07) is 0. The lowest BCUT2D eigenvalue weighted by Crippen LogP contribution is -2.17. The van der Waals surface area contributed by atoms with Gasteiger partial charge in [-0.25, -0.2) is 0 Å². The van der Waals surface area contributed by atoms with E-state index in [1.807, 2.05) is 0 Å². The summed E-state index contributed by atoms with van der Waals surface area (Å²) >= 11 is 2.13. The van der Waals surface area contributed by atoms with Gasteiger partial charge in [0.2, 0.25) is 0 Å². The molecule has 1 saturated heterocycles. The van der Waals surface area contributed by atoms with E-state index in [1.165, 1.54) is 17.9 Å². The fourth-order valence-corrected chi connectivity index (χ4v) is 3.28. The van der Waals surface area contributed by atoms with Crippen LogP contribution < -0.4 is 0 Å². The third-order valence-corrected chi connectivity index (χ3v) is 3.82. The Bertz CT molecular complexity index is 123. The molecule has 1 rings (SSSR count). The Hall–Kier alpha value is 0.350. The second-order valence-corrected chi connectivity index (χ2v) is 6.11. The van der Waals surface area contributed by atoms with Crippen molar-refractivity contribution in [1.82, 2.24) is 0 Å². The second kappa shape index (κ2) is 3.38. The minimum atomic E-state index is 0.532. The van der Waals surface area contributed by atoms with Gasteiger partial charge in [0.15, 0.2) is 0 Å². The standard InChI is InChI=1S/C10H20S/c1-8-6-11-7-9(8)5-10(2,3)4/h8-9H,5-7H2,1-4H3/t8-,9-/m1/s1. The summed E-state index contributed by atoms with van der Waals surface area (Å²) in [5, 5.41) is 0. The van der Waals surface area contributed by atoms with Crippen LogP contribution in [-0.4, -0.2) is 11.5 Å². The average molecular weight is 172 g/mol. The van der Waals surface area contributed by atoms with Crippen molar-refractivity contribution >= 4 is 11.8 Å². The average Bonchev–Trinajstić information content (AvgIpc) is 2.12. The first-order valence-electron chi connectivity index (χ1n) is 4.57. The summed E-state index contributed by atoms with van der Waals surface area (Å²) in [6.45, 7) is 9.45. The molecule has 0 aromatic heterocycles. The summed E-state index contributed by atoms with van der Waals surface area (Å²) in [7, 11) is 0. The molecule has 0 aromatic carbocycles. The highest BCUT2D eigenvalue weighted by Crippen LogP contribution is 2.37. The molecule has 66 valence electrons. The third kappa shape index (κ3) is 3.06. The van der Waals surface area contributed by atoms with E-state index in [2.05, 4.69) is 39.5 Å². The topological polar surface area (TPSA) is 0 Å². The monoisotopic (exact) mass is 172 g/mol. The minimum absolute atomic E-state index is 0.532. The smallest absolute Gasteiger partial charge is 0.00360 e. The molecule has 0 aromatic rings. The summed E-state index contributed by atoms with van der Waals surface area (Å²) < 4.78 is 0. The Labute approximate surface area is 75.1 Å². The highest BCUT2D eigenvalue weighted by molar-refractivity contribution is 7.99. The minimum Gasteiger partial charge on any atom is -0.161 e. The molecule has 1 aliphatic heterocycles. The van der Waals surface area contributed by atoms with Crippen molar-refractivity contribution in [3.63, 3.8) is 0 Å². The lowest BCUT2D eigenvalue weighted by Gasteiger charge is -2.24. The maximum absolute atomic E-state index is 2.40. The Kier molecular flexibility index (Phi) is 2.90. The molecule has 0 nitrogen and oxygen atoms in total. The summed E-state index contributed by atoms with van der Waals surface area (Å²) in [4.78, 5) is 0. The van der Waals surface area contributed by atoms with E-state index in [-0.39, 0.29) is 0 Å². The van der Waals surface area contributed by atoms with E-state index in [4.69, 9.17) is 0 Å². The molecule has 0 radical (unpaired) electrons. The predicted octanol–water partition coefficient (Wildman–Crippen LogP) is 3.42. The number of rotatable bonds is 1. The number of hydrogen-bond acceptors (Lipinski definition) is 1. The fraction of sp³-hybridized carbons (Fsp3) is 1.00. The van der Waals surface area contributed by atoms with Gasteiger partial charge in [-0.3, -0.25) is 0 Å². The van der Waals surface area contributed by atoms with Crippen LogP contribution >= 0.6 is 11.8 Å². The van der Waals surface area contributed by atoms with Crippen molar-refractivity contribution in [3.05, 3.63) is 0 Å². The largest absolute Gasteiger partial charge is 0.161 e. The van der Waals surface area contributed by atoms with Gasteiger partial charge < -0.3 is 0 Å². The molecule has 11 heavy (non-hydrogen) atoms. The molecule has 0 unspecified atom stereocenters. The summed E-state index contributed by atoms with van der Waals surface area (Å²) in [5.74, 6) is 4.73. The maximum Gasteiger partial charge on any atom is -0.00360 e. The van der Waals surface area contributed by atoms with E-state index in [0.717, 1.165) is 11.8 Å². The van der Waals surface area contributed by atoms with Gasteiger partial charge in [0.25, 0.3) is 0 Å². The van der Waals surface area contributed by atoms with Crippen LogP contribution in [0.5, 0.6) is 0 Å². The highest BCUT2D eigenvalue weighted by atomic mass is 32.2. The zero-order valence-electron chi connectivity index (χ0n) is 8.18. The van der Waals surface area contributed by atoms with Crippen molar-refractivity contribution < 1.29 is 0 Å². The molecular weight excluding hydrogens is 152 g/mol. The zero-order chi connectivity index (χ0) is 8.48. The van der Waals surface area contributed by atoms with Gasteiger partial charge in [-0.05, 0) is 35.2 Å². The summed E-state index contributed by atoms with van der Waals surface area (Å²) in [5.41, 5.74) is 0.532. The van der Waals surface area contributed by atoms with Gasteiger partial charge in [-0.1, -0.05) is 27.7 Å². The van der Waals surface area contributed by atoms with Crippen molar-refractivity contribution in [3.8, 4) is 0 Å². The molecule has 0 spiro atoms. The highest BCUT2D eigenvalue weighted by Gasteiger charge is 2.27. The molecule has 1 fully saturated rings. The first-order valence-corrected chi connectivity index (χ1v) is 5.72. The molecule has 0 bridgehead atoms. The molecule has 0 saturated carbocycles. The fourth-order valence-electron chi connectivity index (χ4n) is 1.75. The Morgan fingerprint density at radius 1 is 1.27 bits per heavy atom. The van der Waals surface area contributed by atoms with Crippen LogP contribution in [0.1, 0.15) is 34.1 Å². The first-order chi connectivity index (χ1) is 4.99. The molecular formula is C10H20S. The zero-order valence-corrected chi connectivity index (χ0v) is 9.00. The van der Waals surface area contributed by atoms with Crippen LogP contribution in [0.2, 0.25) is 0 Å². The number of thioether (sulfide) groups is 1. The van der Waals surface area contributed by atoms with Crippen molar-refractivity contribution in [2.45, 2.75) is 34.1 Å². The van der Waals surface area contributed by atoms with Crippen LogP contribution in [-0.2, 0) is 0 Å². The molecule has 1 aliphatic rings. The molecule has 1 heterocycles. The Morgan fingerprint density at radius 2 is 1.91 bits per heavy atom.